The van der Waals surface area contributed by atoms with E-state index in [0.717, 1.165) is 51.7 Å². The topological polar surface area (TPSA) is 145 Å². The summed E-state index contributed by atoms with van der Waals surface area (Å²) in [5.74, 6) is 1.71. The first-order valence-corrected chi connectivity index (χ1v) is 17.2. The summed E-state index contributed by atoms with van der Waals surface area (Å²) in [5, 5.41) is 2.93. The van der Waals surface area contributed by atoms with E-state index < -0.39 is 29.1 Å². The molecule has 0 saturated carbocycles. The molecular weight excluding hydrogens is 764 g/mol. The third kappa shape index (κ3) is 15.2. The maximum atomic E-state index is 11.9. The lowest BCUT2D eigenvalue weighted by molar-refractivity contribution is -0.0294. The second-order valence-electron chi connectivity index (χ2n) is 14.3. The molecular formula is C36H54Br2N2O9. The number of hydrogen-bond donors (Lipinski definition) is 2. The van der Waals surface area contributed by atoms with Crippen LogP contribution in [0.15, 0.2) is 33.2 Å². The molecule has 0 unspecified atom stereocenters. The zero-order valence-corrected chi connectivity index (χ0v) is 33.0. The quantitative estimate of drug-likeness (QED) is 0.174. The maximum absolute atomic E-state index is 11.9. The number of ether oxygens (including phenoxy) is 6. The SMILES string of the molecule is C.CC(C)(C)OC(=O)OC(=O)OC(C)(C)C.COc1cc(Br)cc2c1[C@H](N)CC2.COc1cc(Br)cc2c1[C@H](NC(=O)OC(C)(C)C)CC2. The lowest BCUT2D eigenvalue weighted by Crippen LogP contribution is -2.34. The highest BCUT2D eigenvalue weighted by Crippen LogP contribution is 2.40. The van der Waals surface area contributed by atoms with E-state index in [-0.39, 0.29) is 25.6 Å². The molecule has 0 spiro atoms. The van der Waals surface area contributed by atoms with Crippen molar-refractivity contribution in [3.8, 4) is 11.5 Å². The minimum atomic E-state index is -1.06. The Morgan fingerprint density at radius 1 is 0.694 bits per heavy atom. The number of nitrogens with two attached hydrogens (primary N) is 1. The number of aryl methyl sites for hydroxylation is 2. The monoisotopic (exact) mass is 816 g/mol. The predicted octanol–water partition coefficient (Wildman–Crippen LogP) is 9.88. The molecule has 0 aliphatic heterocycles. The average Bonchev–Trinajstić information content (AvgIpc) is 3.47. The van der Waals surface area contributed by atoms with Crippen LogP contribution in [0.1, 0.15) is 117 Å². The molecule has 0 radical (unpaired) electrons. The van der Waals surface area contributed by atoms with Gasteiger partial charge in [0.15, 0.2) is 0 Å². The normalized spacial score (nSPS) is 16.1. The van der Waals surface area contributed by atoms with Crippen molar-refractivity contribution in [2.24, 2.45) is 5.73 Å². The second-order valence-corrected chi connectivity index (χ2v) is 16.1. The molecule has 49 heavy (non-hydrogen) atoms. The Morgan fingerprint density at radius 3 is 1.53 bits per heavy atom. The van der Waals surface area contributed by atoms with Crippen LogP contribution in [-0.4, -0.2) is 49.4 Å². The fraction of sp³-hybridized carbons (Fsp3) is 0.583. The fourth-order valence-corrected chi connectivity index (χ4v) is 5.93. The summed E-state index contributed by atoms with van der Waals surface area (Å²) >= 11 is 6.93. The van der Waals surface area contributed by atoms with Gasteiger partial charge in [-0.15, -0.1) is 0 Å². The Labute approximate surface area is 308 Å². The van der Waals surface area contributed by atoms with Gasteiger partial charge in [0.2, 0.25) is 0 Å². The summed E-state index contributed by atoms with van der Waals surface area (Å²) in [5.41, 5.74) is 8.86. The van der Waals surface area contributed by atoms with E-state index in [1.807, 2.05) is 32.9 Å². The zero-order valence-electron chi connectivity index (χ0n) is 29.8. The first kappa shape index (κ1) is 44.0. The summed E-state index contributed by atoms with van der Waals surface area (Å²) in [6.45, 7) is 15.6. The molecule has 0 fully saturated rings. The molecule has 2 aliphatic carbocycles. The third-order valence-electron chi connectivity index (χ3n) is 6.61. The Balaban J connectivity index is 0.000000374. The second kappa shape index (κ2) is 18.3. The van der Waals surface area contributed by atoms with E-state index >= 15 is 0 Å². The van der Waals surface area contributed by atoms with Gasteiger partial charge in [-0.2, -0.15) is 0 Å². The summed E-state index contributed by atoms with van der Waals surface area (Å²) in [6.07, 6.45) is 1.37. The summed E-state index contributed by atoms with van der Waals surface area (Å²) in [7, 11) is 3.33. The zero-order chi connectivity index (χ0) is 36.6. The van der Waals surface area contributed by atoms with E-state index in [1.54, 1.807) is 55.8 Å². The van der Waals surface area contributed by atoms with E-state index in [1.165, 1.54) is 16.7 Å². The van der Waals surface area contributed by atoms with Crippen molar-refractivity contribution in [2.75, 3.05) is 14.2 Å². The van der Waals surface area contributed by atoms with Crippen LogP contribution in [0.5, 0.6) is 11.5 Å². The maximum Gasteiger partial charge on any atom is 0.519 e. The number of amides is 1. The highest BCUT2D eigenvalue weighted by Gasteiger charge is 2.30. The van der Waals surface area contributed by atoms with Gasteiger partial charge in [-0.1, -0.05) is 39.3 Å². The number of carbonyl (C=O) groups excluding carboxylic acids is 3. The van der Waals surface area contributed by atoms with Crippen molar-refractivity contribution < 1.29 is 42.8 Å². The van der Waals surface area contributed by atoms with Crippen molar-refractivity contribution in [2.45, 2.75) is 124 Å². The van der Waals surface area contributed by atoms with Crippen LogP contribution in [-0.2, 0) is 31.8 Å². The van der Waals surface area contributed by atoms with E-state index in [9.17, 15) is 14.4 Å². The Hall–Kier alpha value is -3.03. The van der Waals surface area contributed by atoms with Gasteiger partial charge in [-0.05, 0) is 123 Å². The number of halogens is 2. The van der Waals surface area contributed by atoms with Gasteiger partial charge in [-0.25, -0.2) is 14.4 Å². The summed E-state index contributed by atoms with van der Waals surface area (Å²) in [6, 6.07) is 8.21. The Kier molecular flexibility index (Phi) is 16.4. The summed E-state index contributed by atoms with van der Waals surface area (Å²) in [4.78, 5) is 33.9. The molecule has 4 rings (SSSR count). The number of hydrogen-bond acceptors (Lipinski definition) is 10. The molecule has 2 aromatic carbocycles. The lowest BCUT2D eigenvalue weighted by atomic mass is 10.1. The molecule has 2 atom stereocenters. The van der Waals surface area contributed by atoms with Gasteiger partial charge < -0.3 is 39.5 Å². The average molecular weight is 819 g/mol. The fourth-order valence-electron chi connectivity index (χ4n) is 4.97. The Bertz CT molecular complexity index is 1420. The molecule has 0 saturated heterocycles. The van der Waals surface area contributed by atoms with Crippen LogP contribution in [0.25, 0.3) is 0 Å². The number of fused-ring (bicyclic) bond motifs is 2. The van der Waals surface area contributed by atoms with Crippen molar-refractivity contribution >= 4 is 50.3 Å². The van der Waals surface area contributed by atoms with Crippen molar-refractivity contribution in [1.29, 1.82) is 0 Å². The molecule has 2 aromatic rings. The van der Waals surface area contributed by atoms with Gasteiger partial charge >= 0.3 is 18.4 Å². The number of carbonyl (C=O) groups is 3. The van der Waals surface area contributed by atoms with Crippen LogP contribution in [0, 0.1) is 0 Å². The largest absolute Gasteiger partial charge is 0.519 e. The molecule has 0 heterocycles. The smallest absolute Gasteiger partial charge is 0.496 e. The molecule has 0 bridgehead atoms. The Morgan fingerprint density at radius 2 is 1.10 bits per heavy atom. The van der Waals surface area contributed by atoms with Gasteiger partial charge in [0.1, 0.15) is 28.3 Å². The molecule has 11 nitrogen and oxygen atoms in total. The van der Waals surface area contributed by atoms with Gasteiger partial charge in [0, 0.05) is 26.1 Å². The minimum absolute atomic E-state index is 0. The van der Waals surface area contributed by atoms with E-state index in [4.69, 9.17) is 29.4 Å². The van der Waals surface area contributed by atoms with Crippen LogP contribution in [0.3, 0.4) is 0 Å². The number of rotatable bonds is 3. The van der Waals surface area contributed by atoms with Crippen LogP contribution >= 0.6 is 31.9 Å². The highest BCUT2D eigenvalue weighted by atomic mass is 79.9. The summed E-state index contributed by atoms with van der Waals surface area (Å²) < 4.78 is 31.9. The van der Waals surface area contributed by atoms with Crippen molar-refractivity contribution in [3.05, 3.63) is 55.5 Å². The molecule has 0 aromatic heterocycles. The lowest BCUT2D eigenvalue weighted by Gasteiger charge is -2.22. The first-order chi connectivity index (χ1) is 22.0. The highest BCUT2D eigenvalue weighted by molar-refractivity contribution is 9.10. The number of methoxy groups -OCH3 is 2. The van der Waals surface area contributed by atoms with E-state index in [2.05, 4.69) is 54.0 Å². The first-order valence-electron chi connectivity index (χ1n) is 15.6. The van der Waals surface area contributed by atoms with Gasteiger partial charge in [0.25, 0.3) is 0 Å². The standard InChI is InChI=1S/C15H20BrNO3.C10H12BrNO.C10H18O5.CH4/c1-15(2,3)20-14(18)17-11-6-5-9-7-10(16)8-12(19-4)13(9)11;1-13-9-5-7(11)4-6-2-3-8(12)10(6)9;1-9(2,3)14-7(11)13-8(12)15-10(4,5)6;/h7-8,11H,5-6H2,1-4H3,(H,17,18);4-5,8H,2-3,12H2,1H3;1-6H3;1H4/t11-;8-;;/m11../s1. The number of nitrogens with one attached hydrogen (secondary N) is 1. The third-order valence-corrected chi connectivity index (χ3v) is 7.52. The molecule has 1 amide bonds. The van der Waals surface area contributed by atoms with Crippen molar-refractivity contribution in [1.82, 2.24) is 5.32 Å². The van der Waals surface area contributed by atoms with Crippen molar-refractivity contribution in [3.63, 3.8) is 0 Å². The van der Waals surface area contributed by atoms with Crippen LogP contribution in [0.4, 0.5) is 14.4 Å². The number of alkyl carbamates (subject to hydrolysis) is 1. The van der Waals surface area contributed by atoms with Crippen LogP contribution in [0.2, 0.25) is 0 Å². The predicted molar refractivity (Wildman–Crippen MR) is 197 cm³/mol. The van der Waals surface area contributed by atoms with Gasteiger partial charge in [-0.3, -0.25) is 0 Å². The molecule has 2 aliphatic rings. The molecule has 3 N–H and O–H groups in total. The molecule has 276 valence electrons. The molecule has 13 heteroatoms. The van der Waals surface area contributed by atoms with Gasteiger partial charge in [0.05, 0.1) is 20.3 Å². The number of benzene rings is 2. The minimum Gasteiger partial charge on any atom is -0.496 e. The van der Waals surface area contributed by atoms with Crippen LogP contribution < -0.4 is 20.5 Å². The van der Waals surface area contributed by atoms with E-state index in [0.29, 0.717) is 0 Å².